The van der Waals surface area contributed by atoms with Crippen LogP contribution >= 0.6 is 0 Å². The molecule has 0 fully saturated rings. The van der Waals surface area contributed by atoms with Crippen LogP contribution in [0, 0.1) is 5.92 Å². The van der Waals surface area contributed by atoms with Crippen LogP contribution in [0.5, 0.6) is 0 Å². The fourth-order valence-corrected chi connectivity index (χ4v) is 2.50. The van der Waals surface area contributed by atoms with Gasteiger partial charge >= 0.3 is 0 Å². The molecule has 0 spiro atoms. The van der Waals surface area contributed by atoms with Gasteiger partial charge in [-0.15, -0.1) is 0 Å². The quantitative estimate of drug-likeness (QED) is 0.450. The SMILES string of the molecule is CCCC(CCO)CNC(=NCc1ccnc(N(C)C)c1)NCC. The second-order valence-electron chi connectivity index (χ2n) is 6.16. The van der Waals surface area contributed by atoms with Crippen molar-refractivity contribution in [2.75, 3.05) is 38.7 Å². The summed E-state index contributed by atoms with van der Waals surface area (Å²) in [5.74, 6) is 2.23. The van der Waals surface area contributed by atoms with Crippen LogP contribution in [0.25, 0.3) is 0 Å². The Labute approximate surface area is 146 Å². The predicted octanol–water partition coefficient (Wildman–Crippen LogP) is 2.00. The highest BCUT2D eigenvalue weighted by Crippen LogP contribution is 2.11. The summed E-state index contributed by atoms with van der Waals surface area (Å²) in [4.78, 5) is 11.0. The molecule has 24 heavy (non-hydrogen) atoms. The van der Waals surface area contributed by atoms with Crippen LogP contribution in [-0.4, -0.2) is 49.8 Å². The van der Waals surface area contributed by atoms with E-state index in [1.807, 2.05) is 31.3 Å². The first-order valence-electron chi connectivity index (χ1n) is 8.85. The van der Waals surface area contributed by atoms with Gasteiger partial charge in [0.05, 0.1) is 6.54 Å². The van der Waals surface area contributed by atoms with Gasteiger partial charge in [0.15, 0.2) is 5.96 Å². The molecule has 1 unspecified atom stereocenters. The molecule has 6 heteroatoms. The van der Waals surface area contributed by atoms with Crippen molar-refractivity contribution < 1.29 is 5.11 Å². The lowest BCUT2D eigenvalue weighted by Crippen LogP contribution is -2.40. The molecule has 0 amide bonds. The molecule has 3 N–H and O–H groups in total. The fraction of sp³-hybridized carbons (Fsp3) is 0.667. The smallest absolute Gasteiger partial charge is 0.191 e. The Morgan fingerprint density at radius 2 is 2.08 bits per heavy atom. The van der Waals surface area contributed by atoms with Crippen LogP contribution in [0.4, 0.5) is 5.82 Å². The first kappa shape index (κ1) is 20.2. The number of guanidine groups is 1. The molecule has 6 nitrogen and oxygen atoms in total. The van der Waals surface area contributed by atoms with Gasteiger partial charge in [-0.25, -0.2) is 9.98 Å². The maximum absolute atomic E-state index is 9.17. The van der Waals surface area contributed by atoms with Crippen molar-refractivity contribution in [3.63, 3.8) is 0 Å². The van der Waals surface area contributed by atoms with E-state index >= 15 is 0 Å². The van der Waals surface area contributed by atoms with Crippen LogP contribution in [0.15, 0.2) is 23.3 Å². The number of anilines is 1. The van der Waals surface area contributed by atoms with Crippen molar-refractivity contribution in [2.24, 2.45) is 10.9 Å². The van der Waals surface area contributed by atoms with E-state index < -0.39 is 0 Å². The lowest BCUT2D eigenvalue weighted by Gasteiger charge is -2.18. The molecule has 1 rings (SSSR count). The molecule has 0 bridgehead atoms. The number of hydrogen-bond acceptors (Lipinski definition) is 4. The molecule has 1 aromatic rings. The number of aliphatic hydroxyl groups is 1. The lowest BCUT2D eigenvalue weighted by molar-refractivity contribution is 0.251. The molecule has 1 atom stereocenters. The van der Waals surface area contributed by atoms with Gasteiger partial charge in [-0.1, -0.05) is 13.3 Å². The molecule has 0 radical (unpaired) electrons. The summed E-state index contributed by atoms with van der Waals surface area (Å²) >= 11 is 0. The maximum Gasteiger partial charge on any atom is 0.191 e. The Balaban J connectivity index is 2.65. The van der Waals surface area contributed by atoms with Gasteiger partial charge in [-0.05, 0) is 43.4 Å². The van der Waals surface area contributed by atoms with Crippen LogP contribution in [-0.2, 0) is 6.54 Å². The Morgan fingerprint density at radius 1 is 1.29 bits per heavy atom. The van der Waals surface area contributed by atoms with Crippen molar-refractivity contribution in [1.29, 1.82) is 0 Å². The van der Waals surface area contributed by atoms with Crippen LogP contribution in [0.3, 0.4) is 0 Å². The molecule has 0 aliphatic carbocycles. The zero-order valence-corrected chi connectivity index (χ0v) is 15.5. The summed E-state index contributed by atoms with van der Waals surface area (Å²) in [6.45, 7) is 6.74. The second-order valence-corrected chi connectivity index (χ2v) is 6.16. The number of pyridine rings is 1. The number of aromatic nitrogens is 1. The van der Waals surface area contributed by atoms with Crippen molar-refractivity contribution in [3.8, 4) is 0 Å². The normalized spacial score (nSPS) is 12.8. The summed E-state index contributed by atoms with van der Waals surface area (Å²) in [6.07, 6.45) is 4.89. The van der Waals surface area contributed by atoms with E-state index in [0.29, 0.717) is 12.5 Å². The van der Waals surface area contributed by atoms with Gasteiger partial charge in [0, 0.05) is 40.0 Å². The van der Waals surface area contributed by atoms with E-state index in [9.17, 15) is 5.11 Å². The molecule has 0 saturated heterocycles. The van der Waals surface area contributed by atoms with Gasteiger partial charge in [0.25, 0.3) is 0 Å². The highest BCUT2D eigenvalue weighted by Gasteiger charge is 2.08. The highest BCUT2D eigenvalue weighted by atomic mass is 16.3. The Kier molecular flexibility index (Phi) is 9.84. The number of aliphatic imine (C=N–C) groups is 1. The number of nitrogens with one attached hydrogen (secondary N) is 2. The average Bonchev–Trinajstić information content (AvgIpc) is 2.57. The summed E-state index contributed by atoms with van der Waals surface area (Å²) < 4.78 is 0. The predicted molar refractivity (Wildman–Crippen MR) is 101 cm³/mol. The lowest BCUT2D eigenvalue weighted by atomic mass is 10.0. The number of hydrogen-bond donors (Lipinski definition) is 3. The van der Waals surface area contributed by atoms with E-state index in [-0.39, 0.29) is 6.61 Å². The van der Waals surface area contributed by atoms with E-state index in [4.69, 9.17) is 0 Å². The topological polar surface area (TPSA) is 72.8 Å². The summed E-state index contributed by atoms with van der Waals surface area (Å²) in [7, 11) is 3.96. The molecule has 0 saturated carbocycles. The molecule has 136 valence electrons. The van der Waals surface area contributed by atoms with Crippen LogP contribution in [0.2, 0.25) is 0 Å². The van der Waals surface area contributed by atoms with Gasteiger partial charge in [-0.3, -0.25) is 0 Å². The van der Waals surface area contributed by atoms with Gasteiger partial charge in [0.1, 0.15) is 5.82 Å². The van der Waals surface area contributed by atoms with Crippen molar-refractivity contribution in [2.45, 2.75) is 39.7 Å². The van der Waals surface area contributed by atoms with E-state index in [1.165, 1.54) is 0 Å². The average molecular weight is 335 g/mol. The molecular formula is C18H33N5O. The molecule has 1 heterocycles. The van der Waals surface area contributed by atoms with Gasteiger partial charge < -0.3 is 20.6 Å². The largest absolute Gasteiger partial charge is 0.396 e. The maximum atomic E-state index is 9.17. The van der Waals surface area contributed by atoms with Gasteiger partial charge in [-0.2, -0.15) is 0 Å². The standard InChI is InChI=1S/C18H33N5O/c1-5-7-15(9-11-24)13-21-18(19-6-2)22-14-16-8-10-20-17(12-16)23(3)4/h8,10,12,15,24H,5-7,9,11,13-14H2,1-4H3,(H2,19,21,22). The third-order valence-electron chi connectivity index (χ3n) is 3.82. The zero-order chi connectivity index (χ0) is 17.8. The zero-order valence-electron chi connectivity index (χ0n) is 15.5. The fourth-order valence-electron chi connectivity index (χ4n) is 2.50. The molecule has 0 aromatic carbocycles. The first-order valence-corrected chi connectivity index (χ1v) is 8.85. The summed E-state index contributed by atoms with van der Waals surface area (Å²) in [5.41, 5.74) is 1.13. The summed E-state index contributed by atoms with van der Waals surface area (Å²) in [5, 5.41) is 15.9. The second kappa shape index (κ2) is 11.7. The Hall–Kier alpha value is -1.82. The summed E-state index contributed by atoms with van der Waals surface area (Å²) in [6, 6.07) is 4.05. The third-order valence-corrected chi connectivity index (χ3v) is 3.82. The number of aliphatic hydroxyl groups excluding tert-OH is 1. The number of nitrogens with zero attached hydrogens (tertiary/aromatic N) is 3. The monoisotopic (exact) mass is 335 g/mol. The van der Waals surface area contributed by atoms with Crippen molar-refractivity contribution in [3.05, 3.63) is 23.9 Å². The first-order chi connectivity index (χ1) is 11.6. The number of rotatable bonds is 10. The Morgan fingerprint density at radius 3 is 2.71 bits per heavy atom. The minimum atomic E-state index is 0.240. The van der Waals surface area contributed by atoms with Crippen LogP contribution < -0.4 is 15.5 Å². The molecular weight excluding hydrogens is 302 g/mol. The minimum absolute atomic E-state index is 0.240. The minimum Gasteiger partial charge on any atom is -0.396 e. The van der Waals surface area contributed by atoms with Gasteiger partial charge in [0.2, 0.25) is 0 Å². The van der Waals surface area contributed by atoms with E-state index in [2.05, 4.69) is 40.5 Å². The van der Waals surface area contributed by atoms with Crippen LogP contribution in [0.1, 0.15) is 38.7 Å². The third kappa shape index (κ3) is 7.64. The van der Waals surface area contributed by atoms with E-state index in [1.54, 1.807) is 0 Å². The van der Waals surface area contributed by atoms with Crippen molar-refractivity contribution in [1.82, 2.24) is 15.6 Å². The van der Waals surface area contributed by atoms with E-state index in [0.717, 1.165) is 49.7 Å². The molecule has 1 aromatic heterocycles. The molecule has 0 aliphatic heterocycles. The van der Waals surface area contributed by atoms with Crippen molar-refractivity contribution >= 4 is 11.8 Å². The molecule has 0 aliphatic rings. The Bertz CT molecular complexity index is 484. The highest BCUT2D eigenvalue weighted by molar-refractivity contribution is 5.79.